The standard InChI is InChI=1S/C19H20N4O5/c1-19(2,3)18(26)22-21-17(25)14-6-4-5-7-15(14)20-16(24)12-8-10-13(11-9-12)23(27)28/h4-11H,1-3H3,(H,20,24)(H,21,25)(H,22,26). The Morgan fingerprint density at radius 1 is 0.893 bits per heavy atom. The monoisotopic (exact) mass is 384 g/mol. The third kappa shape index (κ3) is 5.13. The zero-order valence-corrected chi connectivity index (χ0v) is 15.6. The summed E-state index contributed by atoms with van der Waals surface area (Å²) in [7, 11) is 0. The number of carbonyl (C=O) groups excluding carboxylic acids is 3. The molecular weight excluding hydrogens is 364 g/mol. The minimum absolute atomic E-state index is 0.133. The molecular formula is C19H20N4O5. The van der Waals surface area contributed by atoms with E-state index in [1.54, 1.807) is 32.9 Å². The van der Waals surface area contributed by atoms with Crippen molar-refractivity contribution < 1.29 is 19.3 Å². The molecule has 0 unspecified atom stereocenters. The number of nitrogens with zero attached hydrogens (tertiary/aromatic N) is 1. The molecule has 0 aliphatic carbocycles. The molecule has 2 aromatic rings. The van der Waals surface area contributed by atoms with Crippen LogP contribution in [0.3, 0.4) is 0 Å². The van der Waals surface area contributed by atoms with E-state index in [0.29, 0.717) is 0 Å². The van der Waals surface area contributed by atoms with E-state index in [0.717, 1.165) is 0 Å². The molecule has 3 N–H and O–H groups in total. The highest BCUT2D eigenvalue weighted by molar-refractivity contribution is 6.09. The van der Waals surface area contributed by atoms with E-state index in [4.69, 9.17) is 0 Å². The van der Waals surface area contributed by atoms with Crippen molar-refractivity contribution >= 4 is 29.1 Å². The number of nitro groups is 1. The van der Waals surface area contributed by atoms with E-state index in [1.807, 2.05) is 0 Å². The lowest BCUT2D eigenvalue weighted by Gasteiger charge is -2.18. The van der Waals surface area contributed by atoms with Gasteiger partial charge in [0.1, 0.15) is 0 Å². The lowest BCUT2D eigenvalue weighted by atomic mass is 9.96. The smallest absolute Gasteiger partial charge is 0.271 e. The van der Waals surface area contributed by atoms with Crippen LogP contribution in [0.15, 0.2) is 48.5 Å². The molecule has 0 heterocycles. The Balaban J connectivity index is 2.12. The van der Waals surface area contributed by atoms with Gasteiger partial charge in [-0.1, -0.05) is 32.9 Å². The van der Waals surface area contributed by atoms with Crippen LogP contribution in [0.2, 0.25) is 0 Å². The lowest BCUT2D eigenvalue weighted by molar-refractivity contribution is -0.384. The van der Waals surface area contributed by atoms with E-state index in [9.17, 15) is 24.5 Å². The number of para-hydroxylation sites is 1. The number of rotatable bonds is 4. The summed E-state index contributed by atoms with van der Waals surface area (Å²) in [6.07, 6.45) is 0. The molecule has 2 rings (SSSR count). The number of hydrogen-bond donors (Lipinski definition) is 3. The number of hydrazine groups is 1. The molecule has 0 aliphatic rings. The molecule has 0 aromatic heterocycles. The fraction of sp³-hybridized carbons (Fsp3) is 0.211. The van der Waals surface area contributed by atoms with Gasteiger partial charge in [-0.05, 0) is 24.3 Å². The topological polar surface area (TPSA) is 130 Å². The van der Waals surface area contributed by atoms with Crippen molar-refractivity contribution in [3.63, 3.8) is 0 Å². The number of benzene rings is 2. The van der Waals surface area contributed by atoms with Crippen LogP contribution in [-0.2, 0) is 4.79 Å². The van der Waals surface area contributed by atoms with Crippen LogP contribution in [-0.4, -0.2) is 22.6 Å². The van der Waals surface area contributed by atoms with Crippen molar-refractivity contribution in [3.8, 4) is 0 Å². The summed E-state index contributed by atoms with van der Waals surface area (Å²) in [6, 6.07) is 11.3. The molecule has 3 amide bonds. The van der Waals surface area contributed by atoms with Crippen LogP contribution in [0.25, 0.3) is 0 Å². The maximum Gasteiger partial charge on any atom is 0.271 e. The predicted octanol–water partition coefficient (Wildman–Crippen LogP) is 2.65. The van der Waals surface area contributed by atoms with Gasteiger partial charge in [0.25, 0.3) is 17.5 Å². The molecule has 9 nitrogen and oxygen atoms in total. The van der Waals surface area contributed by atoms with Gasteiger partial charge < -0.3 is 5.32 Å². The van der Waals surface area contributed by atoms with Gasteiger partial charge in [-0.2, -0.15) is 0 Å². The predicted molar refractivity (Wildman–Crippen MR) is 103 cm³/mol. The number of carbonyl (C=O) groups is 3. The number of nitrogens with one attached hydrogen (secondary N) is 3. The first kappa shape index (κ1) is 20.6. The molecule has 2 aromatic carbocycles. The first-order chi connectivity index (χ1) is 13.1. The number of amides is 3. The van der Waals surface area contributed by atoms with Gasteiger partial charge in [0, 0.05) is 23.1 Å². The molecule has 9 heteroatoms. The Kier molecular flexibility index (Phi) is 6.09. The van der Waals surface area contributed by atoms with Crippen molar-refractivity contribution in [2.75, 3.05) is 5.32 Å². The van der Waals surface area contributed by atoms with Gasteiger partial charge >= 0.3 is 0 Å². The Morgan fingerprint density at radius 2 is 1.50 bits per heavy atom. The zero-order valence-electron chi connectivity index (χ0n) is 15.6. The van der Waals surface area contributed by atoms with Gasteiger partial charge in [0.05, 0.1) is 16.2 Å². The van der Waals surface area contributed by atoms with Crippen LogP contribution in [0.5, 0.6) is 0 Å². The third-order valence-electron chi connectivity index (χ3n) is 3.73. The van der Waals surface area contributed by atoms with Crippen LogP contribution in [0, 0.1) is 15.5 Å². The van der Waals surface area contributed by atoms with Gasteiger partial charge in [-0.25, -0.2) is 0 Å². The van der Waals surface area contributed by atoms with E-state index in [1.165, 1.54) is 36.4 Å². The van der Waals surface area contributed by atoms with Crippen molar-refractivity contribution in [2.45, 2.75) is 20.8 Å². The normalized spacial score (nSPS) is 10.7. The summed E-state index contributed by atoms with van der Waals surface area (Å²) in [6.45, 7) is 5.10. The van der Waals surface area contributed by atoms with E-state index in [2.05, 4.69) is 16.2 Å². The average molecular weight is 384 g/mol. The Labute approximate surface area is 161 Å². The highest BCUT2D eigenvalue weighted by Crippen LogP contribution is 2.18. The maximum atomic E-state index is 12.4. The molecule has 0 aliphatic heterocycles. The van der Waals surface area contributed by atoms with E-state index >= 15 is 0 Å². The fourth-order valence-electron chi connectivity index (χ4n) is 2.09. The summed E-state index contributed by atoms with van der Waals surface area (Å²) in [5.41, 5.74) is 4.40. The Bertz CT molecular complexity index is 917. The van der Waals surface area contributed by atoms with E-state index < -0.39 is 22.2 Å². The number of anilines is 1. The largest absolute Gasteiger partial charge is 0.321 e. The van der Waals surface area contributed by atoms with Gasteiger partial charge in [0.2, 0.25) is 5.91 Å². The average Bonchev–Trinajstić information content (AvgIpc) is 2.65. The molecule has 0 atom stereocenters. The second kappa shape index (κ2) is 8.30. The summed E-state index contributed by atoms with van der Waals surface area (Å²) in [5.74, 6) is -1.50. The SMILES string of the molecule is CC(C)(C)C(=O)NNC(=O)c1ccccc1NC(=O)c1ccc([N+](=O)[O-])cc1. The molecule has 28 heavy (non-hydrogen) atoms. The van der Waals surface area contributed by atoms with Crippen molar-refractivity contribution in [1.29, 1.82) is 0 Å². The van der Waals surface area contributed by atoms with Crippen LogP contribution < -0.4 is 16.2 Å². The third-order valence-corrected chi connectivity index (χ3v) is 3.73. The molecule has 0 spiro atoms. The van der Waals surface area contributed by atoms with Crippen molar-refractivity contribution in [3.05, 3.63) is 69.8 Å². The first-order valence-electron chi connectivity index (χ1n) is 8.35. The minimum Gasteiger partial charge on any atom is -0.321 e. The fourth-order valence-corrected chi connectivity index (χ4v) is 2.09. The number of hydrogen-bond acceptors (Lipinski definition) is 5. The quantitative estimate of drug-likeness (QED) is 0.551. The second-order valence-corrected chi connectivity index (χ2v) is 6.96. The molecule has 0 bridgehead atoms. The second-order valence-electron chi connectivity index (χ2n) is 6.96. The van der Waals surface area contributed by atoms with Gasteiger partial charge in [-0.15, -0.1) is 0 Å². The van der Waals surface area contributed by atoms with Gasteiger partial charge in [-0.3, -0.25) is 35.3 Å². The van der Waals surface area contributed by atoms with Crippen LogP contribution >= 0.6 is 0 Å². The molecule has 0 saturated heterocycles. The first-order valence-corrected chi connectivity index (χ1v) is 8.35. The maximum absolute atomic E-state index is 12.4. The summed E-state index contributed by atoms with van der Waals surface area (Å²) in [5, 5.41) is 13.3. The lowest BCUT2D eigenvalue weighted by Crippen LogP contribution is -2.46. The summed E-state index contributed by atoms with van der Waals surface area (Å²) in [4.78, 5) is 46.8. The van der Waals surface area contributed by atoms with Crippen molar-refractivity contribution in [1.82, 2.24) is 10.9 Å². The van der Waals surface area contributed by atoms with Crippen LogP contribution in [0.1, 0.15) is 41.5 Å². The number of nitro benzene ring substituents is 1. The van der Waals surface area contributed by atoms with Crippen molar-refractivity contribution in [2.24, 2.45) is 5.41 Å². The zero-order chi connectivity index (χ0) is 20.9. The summed E-state index contributed by atoms with van der Waals surface area (Å²) >= 11 is 0. The van der Waals surface area contributed by atoms with Crippen LogP contribution in [0.4, 0.5) is 11.4 Å². The highest BCUT2D eigenvalue weighted by atomic mass is 16.6. The Morgan fingerprint density at radius 3 is 2.07 bits per heavy atom. The summed E-state index contributed by atoms with van der Waals surface area (Å²) < 4.78 is 0. The highest BCUT2D eigenvalue weighted by Gasteiger charge is 2.22. The number of non-ortho nitro benzene ring substituents is 1. The Hall–Kier alpha value is -3.75. The molecule has 146 valence electrons. The molecule has 0 saturated carbocycles. The van der Waals surface area contributed by atoms with Gasteiger partial charge in [0.15, 0.2) is 0 Å². The molecule has 0 radical (unpaired) electrons. The molecule has 0 fully saturated rings. The van der Waals surface area contributed by atoms with E-state index in [-0.39, 0.29) is 28.4 Å². The minimum atomic E-state index is -0.684.